The molecule has 4 rings (SSSR count). The number of anilines is 1. The molecule has 2 amide bonds. The van der Waals surface area contributed by atoms with E-state index in [0.29, 0.717) is 42.3 Å². The minimum Gasteiger partial charge on any atom is -0.490 e. The molecule has 6 nitrogen and oxygen atoms in total. The zero-order valence-corrected chi connectivity index (χ0v) is 20.1. The van der Waals surface area contributed by atoms with E-state index in [2.05, 4.69) is 5.32 Å². The predicted molar refractivity (Wildman–Crippen MR) is 141 cm³/mol. The van der Waals surface area contributed by atoms with Crippen LogP contribution < -0.4 is 14.8 Å². The van der Waals surface area contributed by atoms with Gasteiger partial charge in [-0.2, -0.15) is 0 Å². The van der Waals surface area contributed by atoms with Gasteiger partial charge in [-0.3, -0.25) is 9.59 Å². The van der Waals surface area contributed by atoms with Gasteiger partial charge in [0.1, 0.15) is 24.7 Å². The van der Waals surface area contributed by atoms with Crippen molar-refractivity contribution < 1.29 is 19.1 Å². The molecule has 0 atom stereocenters. The van der Waals surface area contributed by atoms with Gasteiger partial charge in [0.15, 0.2) is 0 Å². The van der Waals surface area contributed by atoms with Crippen molar-refractivity contribution >= 4 is 17.5 Å². The lowest BCUT2D eigenvalue weighted by atomic mass is 10.1. The van der Waals surface area contributed by atoms with Crippen molar-refractivity contribution in [1.82, 2.24) is 4.90 Å². The number of ether oxygens (including phenoxy) is 2. The molecule has 0 aliphatic carbocycles. The maximum absolute atomic E-state index is 12.9. The summed E-state index contributed by atoms with van der Waals surface area (Å²) in [5, 5.41) is 2.86. The van der Waals surface area contributed by atoms with Crippen LogP contribution in [-0.2, 0) is 6.54 Å². The van der Waals surface area contributed by atoms with Gasteiger partial charge in [0, 0.05) is 30.4 Å². The van der Waals surface area contributed by atoms with Crippen LogP contribution in [0.2, 0.25) is 0 Å². The highest BCUT2D eigenvalue weighted by molar-refractivity contribution is 6.05. The largest absolute Gasteiger partial charge is 0.490 e. The van der Waals surface area contributed by atoms with Crippen LogP contribution in [0.25, 0.3) is 0 Å². The molecule has 0 heterocycles. The minimum atomic E-state index is -0.267. The van der Waals surface area contributed by atoms with Crippen molar-refractivity contribution in [3.8, 4) is 11.5 Å². The molecule has 0 radical (unpaired) electrons. The van der Waals surface area contributed by atoms with Gasteiger partial charge in [-0.05, 0) is 60.2 Å². The van der Waals surface area contributed by atoms with Crippen molar-refractivity contribution in [3.05, 3.63) is 126 Å². The molecule has 4 aromatic rings. The Hall–Kier alpha value is -4.58. The zero-order valence-electron chi connectivity index (χ0n) is 20.1. The summed E-state index contributed by atoms with van der Waals surface area (Å²) in [5.41, 5.74) is 2.60. The summed E-state index contributed by atoms with van der Waals surface area (Å²) < 4.78 is 11.3. The summed E-state index contributed by atoms with van der Waals surface area (Å²) in [6.45, 7) is 1.31. The first-order valence-electron chi connectivity index (χ1n) is 11.7. The predicted octanol–water partition coefficient (Wildman–Crippen LogP) is 5.67. The molecule has 0 aliphatic rings. The fraction of sp³-hybridized carbons (Fsp3) is 0.133. The maximum atomic E-state index is 12.9. The Morgan fingerprint density at radius 3 is 1.97 bits per heavy atom. The van der Waals surface area contributed by atoms with E-state index in [1.165, 1.54) is 0 Å². The number of carbonyl (C=O) groups is 2. The van der Waals surface area contributed by atoms with E-state index in [1.807, 2.05) is 60.7 Å². The van der Waals surface area contributed by atoms with Crippen LogP contribution in [0.5, 0.6) is 11.5 Å². The molecule has 0 fully saturated rings. The second-order valence-corrected chi connectivity index (χ2v) is 8.22. The van der Waals surface area contributed by atoms with E-state index in [0.717, 1.165) is 11.3 Å². The van der Waals surface area contributed by atoms with E-state index < -0.39 is 0 Å². The van der Waals surface area contributed by atoms with E-state index in [4.69, 9.17) is 9.47 Å². The molecule has 0 unspecified atom stereocenters. The number of nitrogens with one attached hydrogen (secondary N) is 1. The lowest BCUT2D eigenvalue weighted by molar-refractivity contribution is 0.0784. The third-order valence-corrected chi connectivity index (χ3v) is 5.46. The van der Waals surface area contributed by atoms with Crippen LogP contribution in [0.15, 0.2) is 109 Å². The summed E-state index contributed by atoms with van der Waals surface area (Å²) in [6, 6.07) is 33.2. The van der Waals surface area contributed by atoms with Crippen molar-refractivity contribution in [3.63, 3.8) is 0 Å². The van der Waals surface area contributed by atoms with E-state index in [-0.39, 0.29) is 11.8 Å². The molecule has 4 aromatic carbocycles. The summed E-state index contributed by atoms with van der Waals surface area (Å²) in [6.07, 6.45) is 0. The Bertz CT molecular complexity index is 1280. The summed E-state index contributed by atoms with van der Waals surface area (Å²) in [5.74, 6) is 1.06. The third kappa shape index (κ3) is 6.96. The highest BCUT2D eigenvalue weighted by atomic mass is 16.5. The van der Waals surface area contributed by atoms with E-state index in [1.54, 1.807) is 60.5 Å². The van der Waals surface area contributed by atoms with Gasteiger partial charge < -0.3 is 19.7 Å². The number of amides is 2. The van der Waals surface area contributed by atoms with E-state index >= 15 is 0 Å². The van der Waals surface area contributed by atoms with Crippen LogP contribution in [0, 0.1) is 0 Å². The Labute approximate surface area is 211 Å². The van der Waals surface area contributed by atoms with Crippen LogP contribution in [0.3, 0.4) is 0 Å². The Kier molecular flexibility index (Phi) is 8.33. The highest BCUT2D eigenvalue weighted by Gasteiger charge is 2.14. The number of nitrogens with zero attached hydrogens (tertiary/aromatic N) is 1. The van der Waals surface area contributed by atoms with Gasteiger partial charge in [0.2, 0.25) is 0 Å². The highest BCUT2D eigenvalue weighted by Crippen LogP contribution is 2.17. The first kappa shape index (κ1) is 24.5. The van der Waals surface area contributed by atoms with Crippen LogP contribution in [0.4, 0.5) is 5.69 Å². The molecule has 1 N–H and O–H groups in total. The molecule has 0 bridgehead atoms. The second-order valence-electron chi connectivity index (χ2n) is 8.22. The molecule has 0 saturated heterocycles. The van der Waals surface area contributed by atoms with Crippen molar-refractivity contribution in [2.75, 3.05) is 25.6 Å². The number of para-hydroxylation sites is 1. The van der Waals surface area contributed by atoms with Gasteiger partial charge in [0.25, 0.3) is 11.8 Å². The lowest BCUT2D eigenvalue weighted by Gasteiger charge is -2.18. The van der Waals surface area contributed by atoms with Gasteiger partial charge in [-0.15, -0.1) is 0 Å². The van der Waals surface area contributed by atoms with Gasteiger partial charge in [-0.1, -0.05) is 54.6 Å². The SMILES string of the molecule is CN(Cc1ccccc1)C(=O)c1cccc(NC(=O)c2ccc(OCCOc3ccccc3)cc2)c1. The summed E-state index contributed by atoms with van der Waals surface area (Å²) in [7, 11) is 1.76. The fourth-order valence-electron chi connectivity index (χ4n) is 3.62. The molecule has 6 heteroatoms. The molecule has 36 heavy (non-hydrogen) atoms. The molecule has 0 aliphatic heterocycles. The Morgan fingerprint density at radius 1 is 0.694 bits per heavy atom. The molecule has 0 spiro atoms. The van der Waals surface area contributed by atoms with Gasteiger partial charge in [0.05, 0.1) is 0 Å². The summed E-state index contributed by atoms with van der Waals surface area (Å²) in [4.78, 5) is 27.3. The third-order valence-electron chi connectivity index (χ3n) is 5.46. The van der Waals surface area contributed by atoms with E-state index in [9.17, 15) is 9.59 Å². The summed E-state index contributed by atoms with van der Waals surface area (Å²) >= 11 is 0. The van der Waals surface area contributed by atoms with Crippen molar-refractivity contribution in [1.29, 1.82) is 0 Å². The number of benzene rings is 4. The van der Waals surface area contributed by atoms with Crippen LogP contribution >= 0.6 is 0 Å². The first-order valence-corrected chi connectivity index (χ1v) is 11.7. The molecular weight excluding hydrogens is 452 g/mol. The normalized spacial score (nSPS) is 10.4. The molecular formula is C30H28N2O4. The van der Waals surface area contributed by atoms with Gasteiger partial charge >= 0.3 is 0 Å². The van der Waals surface area contributed by atoms with Gasteiger partial charge in [-0.25, -0.2) is 0 Å². The zero-order chi connectivity index (χ0) is 25.2. The lowest BCUT2D eigenvalue weighted by Crippen LogP contribution is -2.26. The number of hydrogen-bond donors (Lipinski definition) is 1. The monoisotopic (exact) mass is 480 g/mol. The number of carbonyl (C=O) groups excluding carboxylic acids is 2. The number of rotatable bonds is 10. The number of hydrogen-bond acceptors (Lipinski definition) is 4. The van der Waals surface area contributed by atoms with Crippen LogP contribution in [-0.4, -0.2) is 37.0 Å². The van der Waals surface area contributed by atoms with Crippen molar-refractivity contribution in [2.45, 2.75) is 6.54 Å². The molecule has 0 aromatic heterocycles. The Morgan fingerprint density at radius 2 is 1.31 bits per heavy atom. The molecule has 0 saturated carbocycles. The smallest absolute Gasteiger partial charge is 0.255 e. The fourth-order valence-corrected chi connectivity index (χ4v) is 3.62. The quantitative estimate of drug-likeness (QED) is 0.297. The Balaban J connectivity index is 1.29. The standard InChI is InChI=1S/C30H28N2O4/c1-32(22-23-9-4-2-5-10-23)30(34)25-11-8-12-26(21-25)31-29(33)24-15-17-28(18-16-24)36-20-19-35-27-13-6-3-7-14-27/h2-18,21H,19-20,22H2,1H3,(H,31,33). The van der Waals surface area contributed by atoms with Crippen LogP contribution in [0.1, 0.15) is 26.3 Å². The second kappa shape index (κ2) is 12.2. The first-order chi connectivity index (χ1) is 17.6. The average molecular weight is 481 g/mol. The molecule has 182 valence electrons. The van der Waals surface area contributed by atoms with Crippen molar-refractivity contribution in [2.24, 2.45) is 0 Å². The minimum absolute atomic E-state index is 0.118. The average Bonchev–Trinajstić information content (AvgIpc) is 2.92. The topological polar surface area (TPSA) is 67.9 Å². The maximum Gasteiger partial charge on any atom is 0.255 e.